The van der Waals surface area contributed by atoms with Crippen LogP contribution < -0.4 is 5.32 Å². The number of nitrogens with zero attached hydrogens (tertiary/aromatic N) is 2. The smallest absolute Gasteiger partial charge is 0.287 e. The number of carbonyl (C=O) groups excluding carboxylic acids is 1. The van der Waals surface area contributed by atoms with Crippen LogP contribution >= 0.6 is 11.6 Å². The highest BCUT2D eigenvalue weighted by atomic mass is 35.5. The van der Waals surface area contributed by atoms with E-state index in [0.29, 0.717) is 31.4 Å². The van der Waals surface area contributed by atoms with Crippen molar-refractivity contribution in [2.24, 2.45) is 0 Å². The molecular formula is C15H20ClN3O4. The summed E-state index contributed by atoms with van der Waals surface area (Å²) in [5.74, 6) is -0.297. The molecule has 0 saturated carbocycles. The lowest BCUT2D eigenvalue weighted by atomic mass is 10.1. The van der Waals surface area contributed by atoms with Gasteiger partial charge in [0.1, 0.15) is 5.02 Å². The van der Waals surface area contributed by atoms with Gasteiger partial charge in [0.2, 0.25) is 0 Å². The second-order valence-corrected chi connectivity index (χ2v) is 6.05. The number of benzene rings is 1. The van der Waals surface area contributed by atoms with Crippen LogP contribution in [0.1, 0.15) is 24.2 Å². The maximum absolute atomic E-state index is 12.2. The van der Waals surface area contributed by atoms with E-state index in [1.54, 1.807) is 0 Å². The third kappa shape index (κ3) is 4.40. The van der Waals surface area contributed by atoms with E-state index < -0.39 is 4.92 Å². The minimum absolute atomic E-state index is 0.0440. The van der Waals surface area contributed by atoms with E-state index in [9.17, 15) is 14.9 Å². The zero-order valence-corrected chi connectivity index (χ0v) is 13.9. The molecule has 1 aliphatic rings. The first kappa shape index (κ1) is 17.7. The van der Waals surface area contributed by atoms with Crippen LogP contribution in [0.15, 0.2) is 18.2 Å². The molecule has 7 nitrogen and oxygen atoms in total. The van der Waals surface area contributed by atoms with E-state index in [4.69, 9.17) is 16.3 Å². The number of hydrogen-bond donors (Lipinski definition) is 1. The number of nitro groups is 1. The molecule has 2 rings (SSSR count). The SMILES string of the molecule is C[C@@H](CNC(=O)c1ccc([N+](=O)[O-])c(Cl)c1)N1CCOC[C@@H]1C. The zero-order valence-electron chi connectivity index (χ0n) is 13.1. The van der Waals surface area contributed by atoms with Gasteiger partial charge >= 0.3 is 0 Å². The van der Waals surface area contributed by atoms with Crippen molar-refractivity contribution in [2.75, 3.05) is 26.3 Å². The summed E-state index contributed by atoms with van der Waals surface area (Å²) in [5.41, 5.74) is 0.0987. The molecule has 0 spiro atoms. The highest BCUT2D eigenvalue weighted by Gasteiger charge is 2.24. The van der Waals surface area contributed by atoms with E-state index in [-0.39, 0.29) is 22.7 Å². The Bertz CT molecular complexity index is 596. The van der Waals surface area contributed by atoms with Crippen molar-refractivity contribution in [1.29, 1.82) is 0 Å². The molecule has 1 aliphatic heterocycles. The Labute approximate surface area is 139 Å². The number of nitrogens with one attached hydrogen (secondary N) is 1. The van der Waals surface area contributed by atoms with Crippen LogP contribution in [0, 0.1) is 10.1 Å². The molecule has 1 saturated heterocycles. The van der Waals surface area contributed by atoms with Crippen molar-refractivity contribution in [3.8, 4) is 0 Å². The lowest BCUT2D eigenvalue weighted by molar-refractivity contribution is -0.384. The number of halogens is 1. The van der Waals surface area contributed by atoms with Gasteiger partial charge in [0.15, 0.2) is 0 Å². The van der Waals surface area contributed by atoms with Gasteiger partial charge in [0.05, 0.1) is 18.1 Å². The minimum Gasteiger partial charge on any atom is -0.379 e. The average molecular weight is 342 g/mol. The summed E-state index contributed by atoms with van der Waals surface area (Å²) in [7, 11) is 0. The Morgan fingerprint density at radius 2 is 2.35 bits per heavy atom. The van der Waals surface area contributed by atoms with Crippen LogP contribution in [0.4, 0.5) is 5.69 Å². The fourth-order valence-electron chi connectivity index (χ4n) is 2.65. The maximum atomic E-state index is 12.2. The second kappa shape index (κ2) is 7.72. The van der Waals surface area contributed by atoms with Crippen molar-refractivity contribution in [2.45, 2.75) is 25.9 Å². The monoisotopic (exact) mass is 341 g/mol. The number of hydrogen-bond acceptors (Lipinski definition) is 5. The Balaban J connectivity index is 1.94. The summed E-state index contributed by atoms with van der Waals surface area (Å²) in [6.07, 6.45) is 0. The molecule has 8 heteroatoms. The predicted molar refractivity (Wildman–Crippen MR) is 86.9 cm³/mol. The summed E-state index contributed by atoms with van der Waals surface area (Å²) in [5, 5.41) is 13.5. The van der Waals surface area contributed by atoms with Crippen LogP contribution in [0.25, 0.3) is 0 Å². The van der Waals surface area contributed by atoms with E-state index in [2.05, 4.69) is 17.1 Å². The molecule has 0 bridgehead atoms. The molecule has 1 aromatic rings. The van der Waals surface area contributed by atoms with Crippen molar-refractivity contribution in [1.82, 2.24) is 10.2 Å². The maximum Gasteiger partial charge on any atom is 0.287 e. The average Bonchev–Trinajstić information content (AvgIpc) is 2.52. The fourth-order valence-corrected chi connectivity index (χ4v) is 2.90. The van der Waals surface area contributed by atoms with Crippen LogP contribution in [0.3, 0.4) is 0 Å². The van der Waals surface area contributed by atoms with Crippen LogP contribution in [0.2, 0.25) is 5.02 Å². The van der Waals surface area contributed by atoms with Gasteiger partial charge in [-0.25, -0.2) is 0 Å². The van der Waals surface area contributed by atoms with Crippen molar-refractivity contribution in [3.63, 3.8) is 0 Å². The first-order valence-corrected chi connectivity index (χ1v) is 7.83. The molecule has 1 aromatic carbocycles. The molecule has 1 N–H and O–H groups in total. The quantitative estimate of drug-likeness (QED) is 0.654. The van der Waals surface area contributed by atoms with Crippen molar-refractivity contribution in [3.05, 3.63) is 38.9 Å². The van der Waals surface area contributed by atoms with Gasteiger partial charge < -0.3 is 10.1 Å². The van der Waals surface area contributed by atoms with Gasteiger partial charge in [-0.05, 0) is 26.0 Å². The minimum atomic E-state index is -0.577. The van der Waals surface area contributed by atoms with Crippen molar-refractivity contribution >= 4 is 23.2 Å². The molecule has 0 radical (unpaired) electrons. The molecule has 0 unspecified atom stereocenters. The Kier molecular flexibility index (Phi) is 5.92. The number of amides is 1. The van der Waals surface area contributed by atoms with E-state index in [1.807, 2.05) is 6.92 Å². The van der Waals surface area contributed by atoms with Gasteiger partial charge in [-0.2, -0.15) is 0 Å². The summed E-state index contributed by atoms with van der Waals surface area (Å²) in [6.45, 7) is 6.84. The number of carbonyl (C=O) groups is 1. The fraction of sp³-hybridized carbons (Fsp3) is 0.533. The van der Waals surface area contributed by atoms with Gasteiger partial charge in [0, 0.05) is 36.8 Å². The van der Waals surface area contributed by atoms with Gasteiger partial charge in [-0.3, -0.25) is 19.8 Å². The molecule has 1 heterocycles. The zero-order chi connectivity index (χ0) is 17.0. The molecule has 0 aliphatic carbocycles. The lowest BCUT2D eigenvalue weighted by Gasteiger charge is -2.37. The topological polar surface area (TPSA) is 84.7 Å². The molecule has 1 amide bonds. The number of ether oxygens (including phenoxy) is 1. The van der Waals surface area contributed by atoms with Gasteiger partial charge in [-0.15, -0.1) is 0 Å². The largest absolute Gasteiger partial charge is 0.379 e. The van der Waals surface area contributed by atoms with Gasteiger partial charge in [-0.1, -0.05) is 11.6 Å². The first-order chi connectivity index (χ1) is 10.9. The third-order valence-corrected chi connectivity index (χ3v) is 4.25. The number of nitro benzene ring substituents is 1. The third-order valence-electron chi connectivity index (χ3n) is 3.95. The second-order valence-electron chi connectivity index (χ2n) is 5.64. The molecule has 126 valence electrons. The first-order valence-electron chi connectivity index (χ1n) is 7.45. The standard InChI is InChI=1S/C15H20ClN3O4/c1-10(18-5-6-23-9-11(18)2)8-17-15(20)12-3-4-14(19(21)22)13(16)7-12/h3-4,7,10-11H,5-6,8-9H2,1-2H3,(H,17,20)/t10-,11-/m0/s1. The molecule has 0 aromatic heterocycles. The molecule has 1 fully saturated rings. The summed E-state index contributed by atoms with van der Waals surface area (Å²) in [4.78, 5) is 24.6. The lowest BCUT2D eigenvalue weighted by Crippen LogP contribution is -2.51. The van der Waals surface area contributed by atoms with Gasteiger partial charge in [0.25, 0.3) is 11.6 Å². The molecule has 2 atom stereocenters. The highest BCUT2D eigenvalue weighted by molar-refractivity contribution is 6.33. The molecule has 23 heavy (non-hydrogen) atoms. The molecular weight excluding hydrogens is 322 g/mol. The normalized spacial score (nSPS) is 20.0. The van der Waals surface area contributed by atoms with E-state index >= 15 is 0 Å². The predicted octanol–water partition coefficient (Wildman–Crippen LogP) is 2.09. The Hall–Kier alpha value is -1.70. The summed E-state index contributed by atoms with van der Waals surface area (Å²) >= 11 is 5.83. The van der Waals surface area contributed by atoms with Crippen LogP contribution in [0.5, 0.6) is 0 Å². The highest BCUT2D eigenvalue weighted by Crippen LogP contribution is 2.24. The van der Waals surface area contributed by atoms with Crippen LogP contribution in [-0.4, -0.2) is 54.1 Å². The number of morpholine rings is 1. The summed E-state index contributed by atoms with van der Waals surface area (Å²) < 4.78 is 5.40. The Morgan fingerprint density at radius 3 is 2.96 bits per heavy atom. The number of rotatable bonds is 5. The Morgan fingerprint density at radius 1 is 1.61 bits per heavy atom. The van der Waals surface area contributed by atoms with Crippen LogP contribution in [-0.2, 0) is 4.74 Å². The van der Waals surface area contributed by atoms with Crippen molar-refractivity contribution < 1.29 is 14.5 Å². The summed E-state index contributed by atoms with van der Waals surface area (Å²) in [6, 6.07) is 4.44. The van der Waals surface area contributed by atoms with E-state index in [0.717, 1.165) is 6.54 Å². The van der Waals surface area contributed by atoms with E-state index in [1.165, 1.54) is 18.2 Å².